The Bertz CT molecular complexity index is 1890. The summed E-state index contributed by atoms with van der Waals surface area (Å²) in [5.74, 6) is -0.567. The monoisotopic (exact) mass is 1220 g/mol. The molecule has 0 radical (unpaired) electrons. The number of hydrogen-bond donors (Lipinski definition) is 1. The SMILES string of the molecule is CC/C=C\C/C=C\C/C=C\C/C=C\C/C=C\CCCCCCCCCCCCCC(=O)OC(/C=C\CCCCCCCCCCCC)C(COP(=O)([O-])OCC[N+](C)(C)C)NC(=O)CCCCCCC/C=C\C/C=C\C/C=C\C/C=C\CCCCC. The van der Waals surface area contributed by atoms with Crippen LogP contribution in [0.1, 0.15) is 297 Å². The number of rotatable bonds is 63. The molecule has 1 amide bonds. The molecule has 0 aliphatic carbocycles. The van der Waals surface area contributed by atoms with Crippen molar-refractivity contribution in [2.24, 2.45) is 0 Å². The number of likely N-dealkylation sites (N-methyl/N-ethyl adjacent to an activating group) is 1. The summed E-state index contributed by atoms with van der Waals surface area (Å²) in [5, 5.41) is 3.03. The van der Waals surface area contributed by atoms with Gasteiger partial charge in [-0.2, -0.15) is 0 Å². The van der Waals surface area contributed by atoms with Crippen molar-refractivity contribution >= 4 is 19.7 Å². The van der Waals surface area contributed by atoms with Gasteiger partial charge in [0, 0.05) is 12.8 Å². The smallest absolute Gasteiger partial charge is 0.306 e. The van der Waals surface area contributed by atoms with E-state index in [9.17, 15) is 19.0 Å². The minimum Gasteiger partial charge on any atom is -0.756 e. The number of quaternary nitrogens is 1. The van der Waals surface area contributed by atoms with Crippen LogP contribution in [0.2, 0.25) is 0 Å². The lowest BCUT2D eigenvalue weighted by Crippen LogP contribution is -2.47. The third-order valence-electron chi connectivity index (χ3n) is 15.1. The number of phosphoric ester groups is 1. The summed E-state index contributed by atoms with van der Waals surface area (Å²) in [5.41, 5.74) is 0. The lowest BCUT2D eigenvalue weighted by Gasteiger charge is -2.30. The molecule has 0 aromatic carbocycles. The second kappa shape index (κ2) is 64.4. The zero-order valence-corrected chi connectivity index (χ0v) is 57.4. The largest absolute Gasteiger partial charge is 0.756 e. The summed E-state index contributed by atoms with van der Waals surface area (Å²) in [6.07, 6.45) is 90.3. The number of amides is 1. The van der Waals surface area contributed by atoms with Crippen LogP contribution in [0.4, 0.5) is 0 Å². The van der Waals surface area contributed by atoms with E-state index in [1.54, 1.807) is 0 Å². The summed E-state index contributed by atoms with van der Waals surface area (Å²) >= 11 is 0. The average molecular weight is 1220 g/mol. The molecule has 10 heteroatoms. The van der Waals surface area contributed by atoms with Crippen molar-refractivity contribution in [3.63, 3.8) is 0 Å². The standard InChI is InChI=1S/C76H133N2O7P/c1-7-10-13-16-19-22-25-28-30-32-34-36-37-38-39-40-41-43-45-47-49-51-54-57-60-63-66-69-76(80)85-74(67-64-61-58-55-52-27-24-21-18-15-12-9-3)73(72-84-86(81,82)83-71-70-78(4,5)6)77-75(79)68-65-62-59-56-53-50-48-46-44-42-35-33-31-29-26-23-20-17-14-11-8-2/h10,13,19-20,22-23,28-31,34-36,38-39,42,46,48,64,67,73-74H,7-9,11-12,14-18,21,24-27,32-33,37,40-41,43-45,47,49-63,65-66,68-72H2,1-6H3,(H-,77,79,81,82)/b13-10-,22-19-,23-20-,30-28-,31-29-,36-34-,39-38-,42-35-,48-46-,67-64-. The topological polar surface area (TPSA) is 114 Å². The normalized spacial score (nSPS) is 14.3. The van der Waals surface area contributed by atoms with Crippen LogP contribution in [0, 0.1) is 0 Å². The summed E-state index contributed by atoms with van der Waals surface area (Å²) in [6, 6.07) is -0.908. The Balaban J connectivity index is 5.12. The number of unbranched alkanes of at least 4 members (excludes halogenated alkanes) is 29. The summed E-state index contributed by atoms with van der Waals surface area (Å²) in [7, 11) is 1.16. The van der Waals surface area contributed by atoms with Crippen LogP contribution in [-0.2, 0) is 27.9 Å². The van der Waals surface area contributed by atoms with E-state index in [1.165, 1.54) is 122 Å². The minimum atomic E-state index is -4.72. The molecular weight excluding hydrogens is 1080 g/mol. The number of ether oxygens (including phenoxy) is 1. The second-order valence-corrected chi connectivity index (χ2v) is 26.1. The van der Waals surface area contributed by atoms with E-state index in [2.05, 4.69) is 135 Å². The molecule has 0 spiro atoms. The fourth-order valence-corrected chi connectivity index (χ4v) is 10.4. The average Bonchev–Trinajstić information content (AvgIpc) is 3.65. The van der Waals surface area contributed by atoms with Crippen LogP contribution in [0.25, 0.3) is 0 Å². The first-order chi connectivity index (χ1) is 41.9. The minimum absolute atomic E-state index is 0.0322. The lowest BCUT2D eigenvalue weighted by molar-refractivity contribution is -0.870. The van der Waals surface area contributed by atoms with E-state index in [-0.39, 0.29) is 31.3 Å². The van der Waals surface area contributed by atoms with Crippen molar-refractivity contribution in [2.75, 3.05) is 40.9 Å². The zero-order chi connectivity index (χ0) is 62.8. The molecule has 0 rings (SSSR count). The van der Waals surface area contributed by atoms with Crippen molar-refractivity contribution in [2.45, 2.75) is 309 Å². The Morgan fingerprint density at radius 3 is 1.14 bits per heavy atom. The highest BCUT2D eigenvalue weighted by Gasteiger charge is 2.27. The molecule has 0 aromatic heterocycles. The number of carbonyl (C=O) groups excluding carboxylic acids is 2. The highest BCUT2D eigenvalue weighted by Crippen LogP contribution is 2.38. The van der Waals surface area contributed by atoms with Gasteiger partial charge in [-0.3, -0.25) is 14.2 Å². The van der Waals surface area contributed by atoms with Crippen molar-refractivity contribution in [1.82, 2.24) is 5.32 Å². The Morgan fingerprint density at radius 2 is 0.744 bits per heavy atom. The fourth-order valence-electron chi connectivity index (χ4n) is 9.71. The van der Waals surface area contributed by atoms with E-state index in [0.717, 1.165) is 135 Å². The van der Waals surface area contributed by atoms with Crippen molar-refractivity contribution in [3.05, 3.63) is 122 Å². The Morgan fingerprint density at radius 1 is 0.419 bits per heavy atom. The summed E-state index contributed by atoms with van der Waals surface area (Å²) in [4.78, 5) is 40.2. The van der Waals surface area contributed by atoms with E-state index >= 15 is 0 Å². The number of carbonyl (C=O) groups is 2. The van der Waals surface area contributed by atoms with Gasteiger partial charge in [-0.15, -0.1) is 0 Å². The maximum Gasteiger partial charge on any atom is 0.306 e. The van der Waals surface area contributed by atoms with E-state index in [4.69, 9.17) is 13.8 Å². The molecule has 0 saturated heterocycles. The predicted molar refractivity (Wildman–Crippen MR) is 371 cm³/mol. The molecule has 0 saturated carbocycles. The quantitative estimate of drug-likeness (QED) is 0.0212. The lowest BCUT2D eigenvalue weighted by atomic mass is 10.0. The molecule has 0 aromatic rings. The number of nitrogens with zero attached hydrogens (tertiary/aromatic N) is 1. The third-order valence-corrected chi connectivity index (χ3v) is 16.1. The van der Waals surface area contributed by atoms with Gasteiger partial charge in [0.2, 0.25) is 5.91 Å². The van der Waals surface area contributed by atoms with Gasteiger partial charge < -0.3 is 28.5 Å². The van der Waals surface area contributed by atoms with Gasteiger partial charge in [0.15, 0.2) is 0 Å². The van der Waals surface area contributed by atoms with Gasteiger partial charge in [-0.25, -0.2) is 0 Å². The van der Waals surface area contributed by atoms with Crippen LogP contribution in [0.15, 0.2) is 122 Å². The van der Waals surface area contributed by atoms with Gasteiger partial charge in [-0.05, 0) is 122 Å². The fraction of sp³-hybridized carbons (Fsp3) is 0.711. The highest BCUT2D eigenvalue weighted by atomic mass is 31.2. The Labute approximate surface area is 531 Å². The van der Waals surface area contributed by atoms with Crippen LogP contribution < -0.4 is 10.2 Å². The van der Waals surface area contributed by atoms with Crippen LogP contribution in [0.5, 0.6) is 0 Å². The molecule has 3 unspecified atom stereocenters. The van der Waals surface area contributed by atoms with Gasteiger partial charge in [0.1, 0.15) is 19.3 Å². The molecule has 9 nitrogen and oxygen atoms in total. The molecule has 3 atom stereocenters. The molecular formula is C76H133N2O7P. The molecule has 0 aliphatic heterocycles. The van der Waals surface area contributed by atoms with Gasteiger partial charge >= 0.3 is 5.97 Å². The third kappa shape index (κ3) is 64.9. The maximum atomic E-state index is 13.6. The first-order valence-corrected chi connectivity index (χ1v) is 36.8. The van der Waals surface area contributed by atoms with Crippen molar-refractivity contribution in [1.29, 1.82) is 0 Å². The molecule has 86 heavy (non-hydrogen) atoms. The molecule has 0 fully saturated rings. The van der Waals surface area contributed by atoms with E-state index in [0.29, 0.717) is 17.4 Å². The molecule has 0 heterocycles. The number of phosphoric acid groups is 1. The second-order valence-electron chi connectivity index (χ2n) is 24.6. The number of esters is 1. The first-order valence-electron chi connectivity index (χ1n) is 35.3. The summed E-state index contributed by atoms with van der Waals surface area (Å²) < 4.78 is 30.4. The summed E-state index contributed by atoms with van der Waals surface area (Å²) in [6.45, 7) is 6.69. The number of nitrogens with one attached hydrogen (secondary N) is 1. The Kier molecular flexibility index (Phi) is 61.7. The number of hydrogen-bond acceptors (Lipinski definition) is 7. The first kappa shape index (κ1) is 82.4. The maximum absolute atomic E-state index is 13.6. The Hall–Kier alpha value is -3.59. The van der Waals surface area contributed by atoms with Crippen molar-refractivity contribution in [3.8, 4) is 0 Å². The number of allylic oxidation sites excluding steroid dienone is 19. The van der Waals surface area contributed by atoms with Gasteiger partial charge in [0.05, 0.1) is 33.8 Å². The van der Waals surface area contributed by atoms with Crippen LogP contribution >= 0.6 is 7.82 Å². The predicted octanol–water partition coefficient (Wildman–Crippen LogP) is 22.0. The van der Waals surface area contributed by atoms with E-state index in [1.807, 2.05) is 33.3 Å². The molecule has 1 N–H and O–H groups in total. The van der Waals surface area contributed by atoms with E-state index < -0.39 is 26.6 Å². The van der Waals surface area contributed by atoms with Gasteiger partial charge in [-0.1, -0.05) is 284 Å². The molecule has 0 aliphatic rings. The van der Waals surface area contributed by atoms with Gasteiger partial charge in [0.25, 0.3) is 7.82 Å². The highest BCUT2D eigenvalue weighted by molar-refractivity contribution is 7.45. The zero-order valence-electron chi connectivity index (χ0n) is 56.5. The molecule has 0 bridgehead atoms. The molecule has 494 valence electrons. The van der Waals surface area contributed by atoms with Crippen molar-refractivity contribution < 1.29 is 37.3 Å². The van der Waals surface area contributed by atoms with Crippen LogP contribution in [-0.4, -0.2) is 69.4 Å². The van der Waals surface area contributed by atoms with Crippen LogP contribution in [0.3, 0.4) is 0 Å².